The lowest BCUT2D eigenvalue weighted by Crippen LogP contribution is -2.47. The van der Waals surface area contributed by atoms with Gasteiger partial charge in [0.05, 0.1) is 11.7 Å². The molecule has 1 atom stereocenters. The molecule has 0 radical (unpaired) electrons. The largest absolute Gasteiger partial charge is 0.351 e. The Kier molecular flexibility index (Phi) is 4.53. The summed E-state index contributed by atoms with van der Waals surface area (Å²) >= 11 is 0. The van der Waals surface area contributed by atoms with Gasteiger partial charge in [-0.05, 0) is 31.0 Å². The minimum Gasteiger partial charge on any atom is -0.351 e. The molecule has 1 amide bonds. The number of aromatic nitrogens is 2. The molecule has 1 aromatic heterocycles. The van der Waals surface area contributed by atoms with E-state index in [9.17, 15) is 14.0 Å². The number of nitrogens with zero attached hydrogens (tertiary/aromatic N) is 2. The lowest BCUT2D eigenvalue weighted by atomic mass is 10.1. The van der Waals surface area contributed by atoms with Gasteiger partial charge in [-0.2, -0.15) is 0 Å². The monoisotopic (exact) mass is 332 g/mol. The van der Waals surface area contributed by atoms with Gasteiger partial charge >= 0.3 is 0 Å². The molecule has 128 valence electrons. The van der Waals surface area contributed by atoms with Gasteiger partial charge in [-0.15, -0.1) is 0 Å². The second-order valence-corrected chi connectivity index (χ2v) is 6.17. The number of H-pyrrole nitrogens is 1. The number of carbonyl (C=O) groups is 1. The zero-order valence-electron chi connectivity index (χ0n) is 13.8. The highest BCUT2D eigenvalue weighted by Gasteiger charge is 2.28. The highest BCUT2D eigenvalue weighted by Crippen LogP contribution is 2.17. The van der Waals surface area contributed by atoms with Gasteiger partial charge in [-0.3, -0.25) is 24.3 Å². The smallest absolute Gasteiger partial charge is 0.267 e. The third kappa shape index (κ3) is 3.26. The van der Waals surface area contributed by atoms with E-state index in [0.717, 1.165) is 16.8 Å². The van der Waals surface area contributed by atoms with Crippen LogP contribution >= 0.6 is 0 Å². The van der Waals surface area contributed by atoms with Crippen LogP contribution in [0.4, 0.5) is 4.39 Å². The van der Waals surface area contributed by atoms with E-state index >= 15 is 0 Å². The first-order chi connectivity index (χ1) is 11.5. The van der Waals surface area contributed by atoms with Crippen molar-refractivity contribution in [2.75, 3.05) is 6.54 Å². The number of aryl methyl sites for hydroxylation is 1. The van der Waals surface area contributed by atoms with Gasteiger partial charge in [0.2, 0.25) is 5.91 Å². The van der Waals surface area contributed by atoms with E-state index < -0.39 is 0 Å². The van der Waals surface area contributed by atoms with Crippen molar-refractivity contribution in [1.82, 2.24) is 20.0 Å². The fraction of sp³-hybridized carbons (Fsp3) is 0.412. The predicted molar refractivity (Wildman–Crippen MR) is 87.9 cm³/mol. The molecule has 24 heavy (non-hydrogen) atoms. The summed E-state index contributed by atoms with van der Waals surface area (Å²) in [5.41, 5.74) is 2.56. The number of hydrogen-bond acceptors (Lipinski definition) is 3. The Balaban J connectivity index is 1.61. The molecule has 2 aromatic rings. The summed E-state index contributed by atoms with van der Waals surface area (Å²) in [5.74, 6) is -0.372. The fourth-order valence-electron chi connectivity index (χ4n) is 3.04. The van der Waals surface area contributed by atoms with Gasteiger partial charge in [0.1, 0.15) is 5.82 Å². The van der Waals surface area contributed by atoms with E-state index in [1.165, 1.54) is 12.1 Å². The van der Waals surface area contributed by atoms with Gasteiger partial charge in [0, 0.05) is 32.2 Å². The van der Waals surface area contributed by atoms with E-state index in [2.05, 4.69) is 15.3 Å². The fourth-order valence-corrected chi connectivity index (χ4v) is 3.04. The maximum atomic E-state index is 12.9. The van der Waals surface area contributed by atoms with Crippen LogP contribution in [0, 0.1) is 5.82 Å². The van der Waals surface area contributed by atoms with Gasteiger partial charge < -0.3 is 5.32 Å². The molecule has 0 spiro atoms. The van der Waals surface area contributed by atoms with Gasteiger partial charge in [0.15, 0.2) is 0 Å². The molecule has 2 N–H and O–H groups in total. The predicted octanol–water partition coefficient (Wildman–Crippen LogP) is 0.915. The molecule has 2 heterocycles. The second-order valence-electron chi connectivity index (χ2n) is 6.17. The molecule has 0 fully saturated rings. The molecule has 0 bridgehead atoms. The SMILES string of the molecule is CC(C(=O)NCc1ccc(F)cc1)N1CCc2c(n(C)[nH]c2=O)C1. The first-order valence-electron chi connectivity index (χ1n) is 7.98. The normalized spacial score (nSPS) is 15.8. The summed E-state index contributed by atoms with van der Waals surface area (Å²) in [4.78, 5) is 26.2. The molecule has 1 aromatic carbocycles. The van der Waals surface area contributed by atoms with E-state index in [1.54, 1.807) is 16.8 Å². The summed E-state index contributed by atoms with van der Waals surface area (Å²) in [5, 5.41) is 5.64. The topological polar surface area (TPSA) is 70.1 Å². The van der Waals surface area contributed by atoms with Crippen molar-refractivity contribution < 1.29 is 9.18 Å². The molecule has 0 aliphatic carbocycles. The van der Waals surface area contributed by atoms with Gasteiger partial charge in [-0.25, -0.2) is 4.39 Å². The minimum absolute atomic E-state index is 0.0411. The third-order valence-electron chi connectivity index (χ3n) is 4.61. The quantitative estimate of drug-likeness (QED) is 0.875. The average molecular weight is 332 g/mol. The van der Waals surface area contributed by atoms with E-state index in [0.29, 0.717) is 26.1 Å². The first kappa shape index (κ1) is 16.4. The summed E-state index contributed by atoms with van der Waals surface area (Å²) in [6.07, 6.45) is 0.640. The summed E-state index contributed by atoms with van der Waals surface area (Å²) in [7, 11) is 1.81. The number of nitrogens with one attached hydrogen (secondary N) is 2. The van der Waals surface area contributed by atoms with Crippen molar-refractivity contribution in [2.24, 2.45) is 7.05 Å². The van der Waals surface area contributed by atoms with Crippen LogP contribution in [0.5, 0.6) is 0 Å². The standard InChI is InChI=1S/C17H21FN4O2/c1-11(16(23)19-9-12-3-5-13(18)6-4-12)22-8-7-14-15(10-22)21(2)20-17(14)24/h3-6,11H,7-10H2,1-2H3,(H,19,23)(H,20,24). The van der Waals surface area contributed by atoms with Crippen molar-refractivity contribution in [1.29, 1.82) is 0 Å². The molecular weight excluding hydrogens is 311 g/mol. The van der Waals surface area contributed by atoms with Crippen LogP contribution in [-0.4, -0.2) is 33.2 Å². The molecule has 0 saturated heterocycles. The Morgan fingerprint density at radius 1 is 1.38 bits per heavy atom. The Bertz CT molecular complexity index is 794. The molecule has 1 unspecified atom stereocenters. The van der Waals surface area contributed by atoms with Crippen LogP contribution < -0.4 is 10.9 Å². The number of hydrogen-bond donors (Lipinski definition) is 2. The number of aromatic amines is 1. The number of fused-ring (bicyclic) bond motifs is 1. The second kappa shape index (κ2) is 6.60. The summed E-state index contributed by atoms with van der Waals surface area (Å²) in [6.45, 7) is 3.46. The van der Waals surface area contributed by atoms with Crippen molar-refractivity contribution in [3.05, 3.63) is 57.3 Å². The van der Waals surface area contributed by atoms with Crippen LogP contribution in [0.3, 0.4) is 0 Å². The highest BCUT2D eigenvalue weighted by atomic mass is 19.1. The zero-order valence-corrected chi connectivity index (χ0v) is 13.8. The maximum Gasteiger partial charge on any atom is 0.267 e. The van der Waals surface area contributed by atoms with Gasteiger partial charge in [-0.1, -0.05) is 12.1 Å². The summed E-state index contributed by atoms with van der Waals surface area (Å²) in [6, 6.07) is 5.77. The molecule has 1 aliphatic heterocycles. The molecule has 3 rings (SSSR count). The number of carbonyl (C=O) groups excluding carboxylic acids is 1. The Hall–Kier alpha value is -2.41. The summed E-state index contributed by atoms with van der Waals surface area (Å²) < 4.78 is 14.6. The van der Waals surface area contributed by atoms with Crippen LogP contribution in [-0.2, 0) is 31.4 Å². The molecular formula is C17H21FN4O2. The zero-order chi connectivity index (χ0) is 17.3. The minimum atomic E-state index is -0.302. The van der Waals surface area contributed by atoms with Gasteiger partial charge in [0.25, 0.3) is 5.56 Å². The highest BCUT2D eigenvalue weighted by molar-refractivity contribution is 5.81. The van der Waals surface area contributed by atoms with E-state index in [-0.39, 0.29) is 23.3 Å². The van der Waals surface area contributed by atoms with Crippen molar-refractivity contribution >= 4 is 5.91 Å². The third-order valence-corrected chi connectivity index (χ3v) is 4.61. The number of benzene rings is 1. The number of rotatable bonds is 4. The maximum absolute atomic E-state index is 12.9. The van der Waals surface area contributed by atoms with Crippen molar-refractivity contribution in [3.63, 3.8) is 0 Å². The number of halogens is 1. The van der Waals surface area contributed by atoms with Crippen molar-refractivity contribution in [2.45, 2.75) is 32.5 Å². The molecule has 6 nitrogen and oxygen atoms in total. The van der Waals surface area contributed by atoms with Crippen LogP contribution in [0.15, 0.2) is 29.1 Å². The lowest BCUT2D eigenvalue weighted by Gasteiger charge is -2.31. The van der Waals surface area contributed by atoms with E-state index in [1.807, 2.05) is 14.0 Å². The molecule has 7 heteroatoms. The number of amides is 1. The Labute approximate surface area is 139 Å². The molecule has 0 saturated carbocycles. The average Bonchev–Trinajstić information content (AvgIpc) is 2.87. The van der Waals surface area contributed by atoms with Crippen LogP contribution in [0.25, 0.3) is 0 Å². The van der Waals surface area contributed by atoms with Crippen LogP contribution in [0.2, 0.25) is 0 Å². The lowest BCUT2D eigenvalue weighted by molar-refractivity contribution is -0.126. The van der Waals surface area contributed by atoms with Crippen molar-refractivity contribution in [3.8, 4) is 0 Å². The Morgan fingerprint density at radius 2 is 2.08 bits per heavy atom. The van der Waals surface area contributed by atoms with E-state index in [4.69, 9.17) is 0 Å². The Morgan fingerprint density at radius 3 is 2.79 bits per heavy atom. The van der Waals surface area contributed by atoms with Crippen LogP contribution in [0.1, 0.15) is 23.7 Å². The first-order valence-corrected chi connectivity index (χ1v) is 7.98. The molecule has 1 aliphatic rings.